The van der Waals surface area contributed by atoms with Gasteiger partial charge in [0.15, 0.2) is 0 Å². The molecular formula is C60H67FN8O6. The van der Waals surface area contributed by atoms with Crippen LogP contribution in [0.3, 0.4) is 0 Å². The number of morpholine rings is 1. The second-order valence-corrected chi connectivity index (χ2v) is 20.7. The molecule has 0 bridgehead atoms. The maximum absolute atomic E-state index is 15.9. The number of hydrogen-bond acceptors (Lipinski definition) is 9. The number of anilines is 2. The van der Waals surface area contributed by atoms with Crippen LogP contribution >= 0.6 is 0 Å². The minimum absolute atomic E-state index is 0.0511. The van der Waals surface area contributed by atoms with Crippen LogP contribution in [0.15, 0.2) is 91.0 Å². The predicted octanol–water partition coefficient (Wildman–Crippen LogP) is 8.62. The van der Waals surface area contributed by atoms with Crippen molar-refractivity contribution < 1.29 is 33.4 Å². The first-order valence-corrected chi connectivity index (χ1v) is 26.5. The van der Waals surface area contributed by atoms with Gasteiger partial charge in [0.05, 0.1) is 30.9 Å². The lowest BCUT2D eigenvalue weighted by atomic mass is 9.89. The zero-order valence-corrected chi connectivity index (χ0v) is 43.6. The van der Waals surface area contributed by atoms with Gasteiger partial charge >= 0.3 is 0 Å². The molecule has 2 aromatic heterocycles. The van der Waals surface area contributed by atoms with Gasteiger partial charge in [-0.15, -0.1) is 0 Å². The summed E-state index contributed by atoms with van der Waals surface area (Å²) in [5.74, 6) is -0.699. The van der Waals surface area contributed by atoms with Gasteiger partial charge in [-0.2, -0.15) is 5.26 Å². The molecule has 2 fully saturated rings. The van der Waals surface area contributed by atoms with Gasteiger partial charge in [-0.25, -0.2) is 4.39 Å². The van der Waals surface area contributed by atoms with Crippen LogP contribution in [-0.4, -0.2) is 123 Å². The van der Waals surface area contributed by atoms with E-state index < -0.39 is 5.82 Å². The Morgan fingerprint density at radius 3 is 2.25 bits per heavy atom. The molecule has 0 saturated carbocycles. The third-order valence-electron chi connectivity index (χ3n) is 16.1. The molecular weight excluding hydrogens is 948 g/mol. The Bertz CT molecular complexity index is 3140. The Morgan fingerprint density at radius 1 is 0.787 bits per heavy atom. The van der Waals surface area contributed by atoms with Gasteiger partial charge < -0.3 is 38.4 Å². The fourth-order valence-corrected chi connectivity index (χ4v) is 11.4. The van der Waals surface area contributed by atoms with Crippen molar-refractivity contribution in [1.29, 1.82) is 5.26 Å². The molecule has 1 N–H and O–H groups in total. The van der Waals surface area contributed by atoms with Crippen molar-refractivity contribution in [3.05, 3.63) is 153 Å². The van der Waals surface area contributed by atoms with Gasteiger partial charge in [0.2, 0.25) is 5.91 Å². The number of carbonyl (C=O) groups is 3. The van der Waals surface area contributed by atoms with Crippen LogP contribution in [0.4, 0.5) is 15.8 Å². The highest BCUT2D eigenvalue weighted by atomic mass is 19.1. The van der Waals surface area contributed by atoms with Gasteiger partial charge in [-0.05, 0) is 135 Å². The van der Waals surface area contributed by atoms with Crippen molar-refractivity contribution >= 4 is 29.1 Å². The Labute approximate surface area is 439 Å². The van der Waals surface area contributed by atoms with E-state index in [1.807, 2.05) is 48.6 Å². The highest BCUT2D eigenvalue weighted by Gasteiger charge is 2.36. The fraction of sp³-hybridized carbons (Fsp3) is 0.400. The lowest BCUT2D eigenvalue weighted by molar-refractivity contribution is -0.131. The van der Waals surface area contributed by atoms with E-state index in [1.54, 1.807) is 51.7 Å². The van der Waals surface area contributed by atoms with E-state index in [0.717, 1.165) is 68.7 Å². The molecule has 390 valence electrons. The van der Waals surface area contributed by atoms with Crippen molar-refractivity contribution in [1.82, 2.24) is 28.7 Å². The largest absolute Gasteiger partial charge is 0.508 e. The summed E-state index contributed by atoms with van der Waals surface area (Å²) >= 11 is 0. The molecule has 4 aliphatic heterocycles. The summed E-state index contributed by atoms with van der Waals surface area (Å²) in [5.41, 5.74) is 9.54. The molecule has 0 aliphatic carbocycles. The third kappa shape index (κ3) is 10.8. The molecule has 4 aromatic carbocycles. The molecule has 0 unspecified atom stereocenters. The van der Waals surface area contributed by atoms with Crippen molar-refractivity contribution in [2.75, 3.05) is 70.5 Å². The first-order valence-electron chi connectivity index (χ1n) is 26.5. The molecule has 0 radical (unpaired) electrons. The standard InChI is InChI=1S/C60H67FN8O6/c1-40-52(60(73)69(47-14-16-50(70)17-15-47)56-33-48(36-62)63(3)41(56)2)35-57(64(40)4)53-30-43-19-22-67(58(71)32-44-13-18-51(34-55(44)61)75-28-25-65-23-26-74-27-24-65)37-46(43)31-54(53)59(72)68-38-45-12-8-7-11-42(45)29-49(68)39-66-20-9-5-6-10-21-66/h7-8,11-18,30-31,33-35,49,70H,5-6,9-10,19-29,32,37-39H2,1-4H3/t49-/m0/s1. The second kappa shape index (κ2) is 22.3. The van der Waals surface area contributed by atoms with E-state index in [2.05, 4.69) is 40.1 Å². The summed E-state index contributed by atoms with van der Waals surface area (Å²) in [6, 6.07) is 29.2. The zero-order valence-electron chi connectivity index (χ0n) is 43.6. The molecule has 6 aromatic rings. The number of likely N-dealkylation sites (tertiary alicyclic amines) is 1. The topological polar surface area (TPSA) is 140 Å². The number of carbonyl (C=O) groups excluding carboxylic acids is 3. The maximum atomic E-state index is 15.9. The molecule has 6 heterocycles. The Morgan fingerprint density at radius 2 is 1.53 bits per heavy atom. The molecule has 14 nitrogen and oxygen atoms in total. The van der Waals surface area contributed by atoms with E-state index in [0.29, 0.717) is 108 Å². The van der Waals surface area contributed by atoms with Crippen LogP contribution in [0.25, 0.3) is 11.3 Å². The van der Waals surface area contributed by atoms with Gasteiger partial charge in [0.25, 0.3) is 11.8 Å². The van der Waals surface area contributed by atoms with E-state index in [4.69, 9.17) is 9.47 Å². The quantitative estimate of drug-likeness (QED) is 0.121. The molecule has 2 saturated heterocycles. The van der Waals surface area contributed by atoms with Crippen molar-refractivity contribution in [3.63, 3.8) is 0 Å². The Kier molecular flexibility index (Phi) is 15.2. The summed E-state index contributed by atoms with van der Waals surface area (Å²) in [6.45, 7) is 11.8. The average molecular weight is 1020 g/mol. The van der Waals surface area contributed by atoms with Gasteiger partial charge in [0.1, 0.15) is 35.7 Å². The van der Waals surface area contributed by atoms with Crippen LogP contribution in [-0.2, 0) is 56.0 Å². The van der Waals surface area contributed by atoms with Crippen molar-refractivity contribution in [2.45, 2.75) is 77.9 Å². The normalized spacial score (nSPS) is 17.2. The third-order valence-corrected chi connectivity index (χ3v) is 16.1. The summed E-state index contributed by atoms with van der Waals surface area (Å²) in [4.78, 5) is 55.4. The molecule has 0 spiro atoms. The van der Waals surface area contributed by atoms with E-state index in [9.17, 15) is 15.2 Å². The number of hydrogen-bond donors (Lipinski definition) is 1. The molecule has 3 amide bonds. The molecule has 1 atom stereocenters. The zero-order chi connectivity index (χ0) is 52.3. The van der Waals surface area contributed by atoms with Crippen LogP contribution < -0.4 is 9.64 Å². The van der Waals surface area contributed by atoms with Crippen LogP contribution in [0.2, 0.25) is 0 Å². The number of fused-ring (bicyclic) bond motifs is 2. The summed E-state index contributed by atoms with van der Waals surface area (Å²) < 4.78 is 30.7. The van der Waals surface area contributed by atoms with E-state index in [1.165, 1.54) is 36.6 Å². The van der Waals surface area contributed by atoms with Crippen LogP contribution in [0.1, 0.15) is 91.3 Å². The highest BCUT2D eigenvalue weighted by Crippen LogP contribution is 2.39. The first-order chi connectivity index (χ1) is 36.3. The van der Waals surface area contributed by atoms with E-state index >= 15 is 14.0 Å². The van der Waals surface area contributed by atoms with Gasteiger partial charge in [-0.1, -0.05) is 43.2 Å². The molecule has 4 aliphatic rings. The number of halogens is 1. The maximum Gasteiger partial charge on any atom is 0.264 e. The Hall–Kier alpha value is -7.25. The molecule has 15 heteroatoms. The average Bonchev–Trinajstić information content (AvgIpc) is 3.72. The Balaban J connectivity index is 0.995. The van der Waals surface area contributed by atoms with Gasteiger partial charge in [-0.3, -0.25) is 24.2 Å². The summed E-state index contributed by atoms with van der Waals surface area (Å²) in [5, 5.41) is 20.3. The lowest BCUT2D eigenvalue weighted by Gasteiger charge is -2.40. The smallest absolute Gasteiger partial charge is 0.264 e. The number of amides is 3. The fourth-order valence-electron chi connectivity index (χ4n) is 11.4. The number of aromatic nitrogens is 2. The lowest BCUT2D eigenvalue weighted by Crippen LogP contribution is -2.50. The van der Waals surface area contributed by atoms with Crippen LogP contribution in [0, 0.1) is 31.0 Å². The van der Waals surface area contributed by atoms with Gasteiger partial charge in [0, 0.05) is 106 Å². The summed E-state index contributed by atoms with van der Waals surface area (Å²) in [6.07, 6.45) is 5.78. The number of ether oxygens (including phenoxy) is 2. The SMILES string of the molecule is Cc1c(N(C(=O)c2cc(-c3cc4c(cc3C(=O)N3Cc5ccccc5C[C@H]3CN3CCCCCC3)CN(C(=O)Cc3ccc(OCCN5CCOCC5)cc3F)CC4)n(C)c2C)c2ccc(O)cc2)cc(C#N)n1C. The van der Waals surface area contributed by atoms with E-state index in [-0.39, 0.29) is 42.5 Å². The number of phenolic OH excluding ortho intramolecular Hbond substituents is 1. The van der Waals surface area contributed by atoms with Crippen LogP contribution in [0.5, 0.6) is 11.5 Å². The summed E-state index contributed by atoms with van der Waals surface area (Å²) in [7, 11) is 3.69. The minimum atomic E-state index is -0.493. The number of benzene rings is 4. The van der Waals surface area contributed by atoms with Crippen molar-refractivity contribution in [3.8, 4) is 28.8 Å². The first kappa shape index (κ1) is 51.2. The monoisotopic (exact) mass is 1010 g/mol. The number of phenols is 1. The molecule has 10 rings (SSSR count). The minimum Gasteiger partial charge on any atom is -0.508 e. The number of nitrogens with zero attached hydrogens (tertiary/aromatic N) is 8. The number of rotatable bonds is 13. The predicted molar refractivity (Wildman–Crippen MR) is 286 cm³/mol. The van der Waals surface area contributed by atoms with Crippen molar-refractivity contribution in [2.24, 2.45) is 14.1 Å². The highest BCUT2D eigenvalue weighted by molar-refractivity contribution is 6.13. The molecule has 75 heavy (non-hydrogen) atoms. The number of nitriles is 1. The number of aromatic hydroxyl groups is 1. The second-order valence-electron chi connectivity index (χ2n) is 20.7.